The van der Waals surface area contributed by atoms with Crippen LogP contribution in [0.15, 0.2) is 36.9 Å². The molecule has 1 aromatic rings. The van der Waals surface area contributed by atoms with Crippen molar-refractivity contribution in [1.82, 2.24) is 0 Å². The first kappa shape index (κ1) is 13.4. The standard InChI is InChI=1S/C16H18N2O/c1-4-12-9-15(19)18(10-12)14-7-5-13(6-8-14)16(2,3)11-17/h4-8,12H,1,9-10H2,2-3H3. The molecule has 1 aliphatic heterocycles. The molecule has 1 saturated heterocycles. The third kappa shape index (κ3) is 2.53. The molecule has 98 valence electrons. The van der Waals surface area contributed by atoms with Gasteiger partial charge in [-0.3, -0.25) is 4.79 Å². The first-order valence-corrected chi connectivity index (χ1v) is 6.42. The van der Waals surface area contributed by atoms with Crippen LogP contribution in [0.3, 0.4) is 0 Å². The molecule has 19 heavy (non-hydrogen) atoms. The van der Waals surface area contributed by atoms with Crippen LogP contribution in [0.5, 0.6) is 0 Å². The zero-order valence-corrected chi connectivity index (χ0v) is 11.4. The number of hydrogen-bond donors (Lipinski definition) is 0. The SMILES string of the molecule is C=CC1CC(=O)N(c2ccc(C(C)(C)C#N)cc2)C1. The molecule has 3 heteroatoms. The number of rotatable bonds is 3. The van der Waals surface area contributed by atoms with Crippen LogP contribution in [0.4, 0.5) is 5.69 Å². The maximum Gasteiger partial charge on any atom is 0.227 e. The second-order valence-corrected chi connectivity index (χ2v) is 5.49. The second kappa shape index (κ2) is 4.89. The summed E-state index contributed by atoms with van der Waals surface area (Å²) >= 11 is 0. The van der Waals surface area contributed by atoms with Crippen molar-refractivity contribution < 1.29 is 4.79 Å². The fourth-order valence-corrected chi connectivity index (χ4v) is 2.27. The van der Waals surface area contributed by atoms with Gasteiger partial charge < -0.3 is 4.90 Å². The molecule has 0 spiro atoms. The minimum atomic E-state index is -0.503. The zero-order chi connectivity index (χ0) is 14.0. The summed E-state index contributed by atoms with van der Waals surface area (Å²) in [6.45, 7) is 8.22. The van der Waals surface area contributed by atoms with Crippen LogP contribution < -0.4 is 4.90 Å². The van der Waals surface area contributed by atoms with E-state index in [0.717, 1.165) is 11.3 Å². The highest BCUT2D eigenvalue weighted by Gasteiger charge is 2.29. The van der Waals surface area contributed by atoms with Crippen molar-refractivity contribution in [3.63, 3.8) is 0 Å². The molecule has 1 atom stereocenters. The number of nitrogens with zero attached hydrogens (tertiary/aromatic N) is 2. The predicted octanol–water partition coefficient (Wildman–Crippen LogP) is 3.03. The van der Waals surface area contributed by atoms with Gasteiger partial charge in [0.1, 0.15) is 0 Å². The van der Waals surface area contributed by atoms with E-state index in [1.165, 1.54) is 0 Å². The number of hydrogen-bond acceptors (Lipinski definition) is 2. The number of amides is 1. The topological polar surface area (TPSA) is 44.1 Å². The van der Waals surface area contributed by atoms with Crippen LogP contribution in [0, 0.1) is 17.2 Å². The van der Waals surface area contributed by atoms with E-state index >= 15 is 0 Å². The molecule has 2 rings (SSSR count). The Morgan fingerprint density at radius 3 is 2.53 bits per heavy atom. The van der Waals surface area contributed by atoms with E-state index in [4.69, 9.17) is 5.26 Å². The average molecular weight is 254 g/mol. The summed E-state index contributed by atoms with van der Waals surface area (Å²) < 4.78 is 0. The van der Waals surface area contributed by atoms with Gasteiger partial charge in [0.15, 0.2) is 0 Å². The summed E-state index contributed by atoms with van der Waals surface area (Å²) in [7, 11) is 0. The largest absolute Gasteiger partial charge is 0.312 e. The molecule has 0 radical (unpaired) electrons. The number of nitriles is 1. The van der Waals surface area contributed by atoms with Crippen LogP contribution >= 0.6 is 0 Å². The Morgan fingerprint density at radius 2 is 2.05 bits per heavy atom. The summed E-state index contributed by atoms with van der Waals surface area (Å²) in [5.41, 5.74) is 1.36. The summed E-state index contributed by atoms with van der Waals surface area (Å²) in [6, 6.07) is 9.95. The monoisotopic (exact) mass is 254 g/mol. The van der Waals surface area contributed by atoms with E-state index in [1.807, 2.05) is 44.2 Å². The van der Waals surface area contributed by atoms with E-state index < -0.39 is 5.41 Å². The molecule has 0 N–H and O–H groups in total. The molecule has 0 bridgehead atoms. The van der Waals surface area contributed by atoms with Gasteiger partial charge in [-0.05, 0) is 31.5 Å². The van der Waals surface area contributed by atoms with Gasteiger partial charge in [-0.25, -0.2) is 0 Å². The van der Waals surface area contributed by atoms with Gasteiger partial charge in [-0.15, -0.1) is 6.58 Å². The number of anilines is 1. The maximum absolute atomic E-state index is 11.9. The van der Waals surface area contributed by atoms with E-state index in [-0.39, 0.29) is 11.8 Å². The highest BCUT2D eigenvalue weighted by Crippen LogP contribution is 2.28. The van der Waals surface area contributed by atoms with Gasteiger partial charge in [0, 0.05) is 24.6 Å². The van der Waals surface area contributed by atoms with Crippen molar-refractivity contribution in [1.29, 1.82) is 5.26 Å². The number of carbonyl (C=O) groups excluding carboxylic acids is 1. The molecule has 1 amide bonds. The minimum absolute atomic E-state index is 0.136. The van der Waals surface area contributed by atoms with Crippen molar-refractivity contribution in [3.8, 4) is 6.07 Å². The molecule has 1 fully saturated rings. The van der Waals surface area contributed by atoms with Gasteiger partial charge in [-0.1, -0.05) is 18.2 Å². The van der Waals surface area contributed by atoms with Crippen molar-refractivity contribution in [2.45, 2.75) is 25.7 Å². The van der Waals surface area contributed by atoms with E-state index in [1.54, 1.807) is 4.90 Å². The fourth-order valence-electron chi connectivity index (χ4n) is 2.27. The van der Waals surface area contributed by atoms with Crippen LogP contribution in [0.2, 0.25) is 0 Å². The van der Waals surface area contributed by atoms with E-state index in [0.29, 0.717) is 13.0 Å². The summed E-state index contributed by atoms with van der Waals surface area (Å²) in [5.74, 6) is 0.375. The third-order valence-electron chi connectivity index (χ3n) is 3.67. The van der Waals surface area contributed by atoms with Crippen molar-refractivity contribution in [2.24, 2.45) is 5.92 Å². The molecule has 1 unspecified atom stereocenters. The van der Waals surface area contributed by atoms with Gasteiger partial charge in [-0.2, -0.15) is 5.26 Å². The highest BCUT2D eigenvalue weighted by atomic mass is 16.2. The molecule has 0 aliphatic carbocycles. The molecule has 1 heterocycles. The smallest absolute Gasteiger partial charge is 0.227 e. The second-order valence-electron chi connectivity index (χ2n) is 5.49. The van der Waals surface area contributed by atoms with E-state index in [9.17, 15) is 4.79 Å². The third-order valence-corrected chi connectivity index (χ3v) is 3.67. The Labute approximate surface area is 114 Å². The maximum atomic E-state index is 11.9. The Hall–Kier alpha value is -2.08. The Morgan fingerprint density at radius 1 is 1.42 bits per heavy atom. The quantitative estimate of drug-likeness (QED) is 0.778. The van der Waals surface area contributed by atoms with Crippen LogP contribution in [-0.4, -0.2) is 12.5 Å². The molecule has 0 aromatic heterocycles. The van der Waals surface area contributed by atoms with Gasteiger partial charge in [0.25, 0.3) is 0 Å². The normalized spacial score (nSPS) is 19.3. The van der Waals surface area contributed by atoms with Crippen LogP contribution in [-0.2, 0) is 10.2 Å². The first-order valence-electron chi connectivity index (χ1n) is 6.42. The molecular formula is C16H18N2O. The lowest BCUT2D eigenvalue weighted by Crippen LogP contribution is -2.24. The molecule has 3 nitrogen and oxygen atoms in total. The summed E-state index contributed by atoms with van der Waals surface area (Å²) in [5, 5.41) is 9.11. The van der Waals surface area contributed by atoms with Crippen LogP contribution in [0.1, 0.15) is 25.8 Å². The Kier molecular flexibility index (Phi) is 3.44. The fraction of sp³-hybridized carbons (Fsp3) is 0.375. The number of benzene rings is 1. The lowest BCUT2D eigenvalue weighted by atomic mass is 9.86. The van der Waals surface area contributed by atoms with Gasteiger partial charge in [0.2, 0.25) is 5.91 Å². The lowest BCUT2D eigenvalue weighted by Gasteiger charge is -2.19. The Bertz CT molecular complexity index is 537. The predicted molar refractivity (Wildman–Crippen MR) is 75.7 cm³/mol. The van der Waals surface area contributed by atoms with Gasteiger partial charge in [0.05, 0.1) is 11.5 Å². The molecule has 1 aliphatic rings. The van der Waals surface area contributed by atoms with Crippen molar-refractivity contribution >= 4 is 11.6 Å². The van der Waals surface area contributed by atoms with E-state index in [2.05, 4.69) is 12.6 Å². The summed E-state index contributed by atoms with van der Waals surface area (Å²) in [4.78, 5) is 13.7. The zero-order valence-electron chi connectivity index (χ0n) is 11.4. The number of carbonyl (C=O) groups is 1. The van der Waals surface area contributed by atoms with Crippen LogP contribution in [0.25, 0.3) is 0 Å². The van der Waals surface area contributed by atoms with Crippen molar-refractivity contribution in [3.05, 3.63) is 42.5 Å². The van der Waals surface area contributed by atoms with Gasteiger partial charge >= 0.3 is 0 Å². The molecule has 0 saturated carbocycles. The first-order chi connectivity index (χ1) is 8.97. The highest BCUT2D eigenvalue weighted by molar-refractivity contribution is 5.95. The Balaban J connectivity index is 2.23. The lowest BCUT2D eigenvalue weighted by molar-refractivity contribution is -0.117. The molecular weight excluding hydrogens is 236 g/mol. The van der Waals surface area contributed by atoms with Crippen molar-refractivity contribution in [2.75, 3.05) is 11.4 Å². The summed E-state index contributed by atoms with van der Waals surface area (Å²) in [6.07, 6.45) is 2.38. The average Bonchev–Trinajstić information content (AvgIpc) is 2.80. The molecule has 1 aromatic carbocycles. The minimum Gasteiger partial charge on any atom is -0.312 e.